The summed E-state index contributed by atoms with van der Waals surface area (Å²) >= 11 is 0. The van der Waals surface area contributed by atoms with E-state index < -0.39 is 5.82 Å². The number of aromatic nitrogens is 2. The summed E-state index contributed by atoms with van der Waals surface area (Å²) in [4.78, 5) is 11.1. The molecule has 0 saturated heterocycles. The van der Waals surface area contributed by atoms with E-state index in [1.54, 1.807) is 0 Å². The van der Waals surface area contributed by atoms with Crippen LogP contribution in [-0.2, 0) is 0 Å². The summed E-state index contributed by atoms with van der Waals surface area (Å²) in [6.07, 6.45) is 1.13. The zero-order chi connectivity index (χ0) is 8.55. The Morgan fingerprint density at radius 2 is 2.25 bits per heavy atom. The maximum atomic E-state index is 12.6. The van der Waals surface area contributed by atoms with E-state index in [0.29, 0.717) is 10.9 Å². The van der Waals surface area contributed by atoms with Gasteiger partial charge >= 0.3 is 0 Å². The van der Waals surface area contributed by atoms with Gasteiger partial charge in [-0.3, -0.25) is 9.89 Å². The van der Waals surface area contributed by atoms with E-state index in [1.807, 2.05) is 0 Å². The molecule has 12 heavy (non-hydrogen) atoms. The van der Waals surface area contributed by atoms with Crippen LogP contribution >= 0.6 is 0 Å². The lowest BCUT2D eigenvalue weighted by Gasteiger charge is -1.94. The van der Waals surface area contributed by atoms with Gasteiger partial charge in [-0.15, -0.1) is 0 Å². The number of halogens is 1. The van der Waals surface area contributed by atoms with Crippen molar-refractivity contribution in [1.29, 1.82) is 0 Å². The first-order valence-corrected chi connectivity index (χ1v) is 3.40. The summed E-state index contributed by atoms with van der Waals surface area (Å²) in [5, 5.41) is 6.51. The van der Waals surface area contributed by atoms with Crippen LogP contribution in [-0.4, -0.2) is 10.2 Å². The minimum atomic E-state index is -0.417. The molecule has 0 amide bonds. The molecule has 2 aromatic rings. The van der Waals surface area contributed by atoms with E-state index >= 15 is 0 Å². The number of nitrogens with one attached hydrogen (secondary N) is 1. The Balaban J connectivity index is 2.98. The first-order valence-electron chi connectivity index (χ1n) is 3.40. The second kappa shape index (κ2) is 2.41. The lowest BCUT2D eigenvalue weighted by Crippen LogP contribution is -2.02. The van der Waals surface area contributed by atoms with E-state index in [9.17, 15) is 9.18 Å². The molecule has 2 rings (SSSR count). The van der Waals surface area contributed by atoms with Crippen molar-refractivity contribution in [3.8, 4) is 0 Å². The van der Waals surface area contributed by atoms with E-state index in [-0.39, 0.29) is 5.43 Å². The fraction of sp³-hybridized carbons (Fsp3) is 0. The molecule has 1 heterocycles. The van der Waals surface area contributed by atoms with Gasteiger partial charge in [0.1, 0.15) is 5.82 Å². The van der Waals surface area contributed by atoms with Gasteiger partial charge in [-0.25, -0.2) is 4.39 Å². The van der Waals surface area contributed by atoms with Crippen molar-refractivity contribution in [2.45, 2.75) is 0 Å². The second-order valence-corrected chi connectivity index (χ2v) is 2.42. The number of hydrogen-bond donors (Lipinski definition) is 1. The fourth-order valence-electron chi connectivity index (χ4n) is 1.05. The Morgan fingerprint density at radius 1 is 1.42 bits per heavy atom. The monoisotopic (exact) mass is 164 g/mol. The van der Waals surface area contributed by atoms with E-state index in [4.69, 9.17) is 0 Å². The summed E-state index contributed by atoms with van der Waals surface area (Å²) < 4.78 is 12.6. The number of benzene rings is 1. The maximum Gasteiger partial charge on any atom is 0.208 e. The molecule has 60 valence electrons. The first-order chi connectivity index (χ1) is 5.77. The average molecular weight is 164 g/mol. The van der Waals surface area contributed by atoms with Gasteiger partial charge in [-0.05, 0) is 18.2 Å². The van der Waals surface area contributed by atoms with E-state index in [2.05, 4.69) is 10.2 Å². The summed E-state index contributed by atoms with van der Waals surface area (Å²) in [6.45, 7) is 0. The number of nitrogens with zero attached hydrogens (tertiary/aromatic N) is 1. The van der Waals surface area contributed by atoms with E-state index in [0.717, 1.165) is 6.20 Å². The highest BCUT2D eigenvalue weighted by Gasteiger charge is 1.98. The van der Waals surface area contributed by atoms with Crippen LogP contribution in [0.15, 0.2) is 29.2 Å². The molecule has 0 fully saturated rings. The van der Waals surface area contributed by atoms with Gasteiger partial charge in [0.15, 0.2) is 0 Å². The fourth-order valence-corrected chi connectivity index (χ4v) is 1.05. The van der Waals surface area contributed by atoms with Crippen LogP contribution in [0.5, 0.6) is 0 Å². The topological polar surface area (TPSA) is 45.8 Å². The van der Waals surface area contributed by atoms with Crippen LogP contribution < -0.4 is 5.43 Å². The predicted molar refractivity (Wildman–Crippen MR) is 42.3 cm³/mol. The summed E-state index contributed by atoms with van der Waals surface area (Å²) in [7, 11) is 0. The molecule has 0 radical (unpaired) electrons. The molecular formula is C8H5FN2O. The molecule has 3 nitrogen and oxygen atoms in total. The lowest BCUT2D eigenvalue weighted by molar-refractivity contribution is 0.629. The van der Waals surface area contributed by atoms with Crippen LogP contribution in [0.3, 0.4) is 0 Å². The van der Waals surface area contributed by atoms with Crippen LogP contribution in [0.25, 0.3) is 10.9 Å². The van der Waals surface area contributed by atoms with Gasteiger partial charge in [-0.2, -0.15) is 5.10 Å². The third-order valence-corrected chi connectivity index (χ3v) is 1.61. The van der Waals surface area contributed by atoms with Crippen molar-refractivity contribution in [2.75, 3.05) is 0 Å². The first kappa shape index (κ1) is 6.97. The Labute approximate surface area is 66.8 Å². The highest BCUT2D eigenvalue weighted by Crippen LogP contribution is 2.06. The Hall–Kier alpha value is -1.71. The molecule has 1 N–H and O–H groups in total. The third-order valence-electron chi connectivity index (χ3n) is 1.61. The average Bonchev–Trinajstić information content (AvgIpc) is 2.07. The lowest BCUT2D eigenvalue weighted by atomic mass is 10.2. The van der Waals surface area contributed by atoms with Crippen LogP contribution in [0.2, 0.25) is 0 Å². The summed E-state index contributed by atoms with van der Waals surface area (Å²) in [5.41, 5.74) is 0.271. The Kier molecular flexibility index (Phi) is 1.40. The Morgan fingerprint density at radius 3 is 3.08 bits per heavy atom. The molecule has 1 aromatic carbocycles. The smallest absolute Gasteiger partial charge is 0.208 e. The molecule has 1 aromatic heterocycles. The van der Waals surface area contributed by atoms with Gasteiger partial charge < -0.3 is 0 Å². The zero-order valence-corrected chi connectivity index (χ0v) is 6.04. The molecule has 0 saturated carbocycles. The number of rotatable bonds is 0. The largest absolute Gasteiger partial charge is 0.287 e. The third kappa shape index (κ3) is 0.972. The van der Waals surface area contributed by atoms with Crippen molar-refractivity contribution in [3.63, 3.8) is 0 Å². The van der Waals surface area contributed by atoms with Crippen molar-refractivity contribution in [3.05, 3.63) is 40.4 Å². The van der Waals surface area contributed by atoms with E-state index in [1.165, 1.54) is 18.2 Å². The van der Waals surface area contributed by atoms with Gasteiger partial charge in [0.25, 0.3) is 0 Å². The standard InChI is InChI=1S/C8H5FN2O/c9-5-1-2-7-6(3-5)8(12)4-10-11-7/h1-4H,(H,11,12). The van der Waals surface area contributed by atoms with Crippen LogP contribution in [0.1, 0.15) is 0 Å². The molecule has 4 heteroatoms. The number of hydrogen-bond acceptors (Lipinski definition) is 2. The summed E-state index contributed by atoms with van der Waals surface area (Å²) in [6, 6.07) is 3.95. The van der Waals surface area contributed by atoms with Gasteiger partial charge in [0, 0.05) is 0 Å². The highest BCUT2D eigenvalue weighted by molar-refractivity contribution is 5.77. The zero-order valence-electron chi connectivity index (χ0n) is 6.04. The molecule has 0 aliphatic rings. The van der Waals surface area contributed by atoms with Crippen molar-refractivity contribution >= 4 is 10.9 Å². The quantitative estimate of drug-likeness (QED) is 0.632. The molecule has 0 spiro atoms. The predicted octanol–water partition coefficient (Wildman–Crippen LogP) is 1.06. The van der Waals surface area contributed by atoms with Crippen LogP contribution in [0, 0.1) is 5.82 Å². The van der Waals surface area contributed by atoms with Gasteiger partial charge in [-0.1, -0.05) is 0 Å². The highest BCUT2D eigenvalue weighted by atomic mass is 19.1. The maximum absolute atomic E-state index is 12.6. The number of aromatic amines is 1. The number of H-pyrrole nitrogens is 1. The second-order valence-electron chi connectivity index (χ2n) is 2.42. The van der Waals surface area contributed by atoms with Gasteiger partial charge in [0.05, 0.1) is 17.1 Å². The molecule has 0 aliphatic heterocycles. The normalized spacial score (nSPS) is 10.4. The minimum Gasteiger partial charge on any atom is -0.287 e. The summed E-state index contributed by atoms with van der Waals surface area (Å²) in [5.74, 6) is -0.417. The molecule has 0 unspecified atom stereocenters. The van der Waals surface area contributed by atoms with Crippen LogP contribution in [0.4, 0.5) is 4.39 Å². The van der Waals surface area contributed by atoms with Crippen molar-refractivity contribution in [1.82, 2.24) is 10.2 Å². The van der Waals surface area contributed by atoms with Crippen molar-refractivity contribution < 1.29 is 4.39 Å². The SMILES string of the molecule is O=c1cn[nH]c2ccc(F)cc12. The molecular weight excluding hydrogens is 159 g/mol. The Bertz CT molecular complexity index is 478. The van der Waals surface area contributed by atoms with Gasteiger partial charge in [0.2, 0.25) is 5.43 Å². The molecule has 0 bridgehead atoms. The minimum absolute atomic E-state index is 0.275. The number of fused-ring (bicyclic) bond motifs is 1. The molecule has 0 atom stereocenters. The van der Waals surface area contributed by atoms with Crippen molar-refractivity contribution in [2.24, 2.45) is 0 Å². The molecule has 0 aliphatic carbocycles.